The van der Waals surface area contributed by atoms with Gasteiger partial charge in [0.15, 0.2) is 24.0 Å². The van der Waals surface area contributed by atoms with E-state index in [0.29, 0.717) is 57.3 Å². The van der Waals surface area contributed by atoms with Crippen LogP contribution in [0.5, 0.6) is 0 Å². The van der Waals surface area contributed by atoms with Crippen LogP contribution in [0.15, 0.2) is 23.8 Å². The van der Waals surface area contributed by atoms with E-state index in [-0.39, 0.29) is 62.5 Å². The quantitative estimate of drug-likeness (QED) is 0.0626. The Morgan fingerprint density at radius 3 is 2.20 bits per heavy atom. The van der Waals surface area contributed by atoms with Crippen molar-refractivity contribution in [2.45, 2.75) is 262 Å². The van der Waals surface area contributed by atoms with Crippen LogP contribution >= 0.6 is 0 Å². The number of rotatable bonds is 16. The minimum Gasteiger partial charge on any atom is -0.466 e. The molecule has 0 aromatic carbocycles. The number of nitrogens with one attached hydrogen (secondary N) is 1. The summed E-state index contributed by atoms with van der Waals surface area (Å²) in [5.74, 6) is -6.52. The van der Waals surface area contributed by atoms with Gasteiger partial charge in [-0.25, -0.2) is 9.18 Å². The molecule has 6 fully saturated rings. The summed E-state index contributed by atoms with van der Waals surface area (Å²) in [6.45, 7) is 23.8. The zero-order valence-corrected chi connectivity index (χ0v) is 55.0. The van der Waals surface area contributed by atoms with E-state index in [1.165, 1.54) is 33.3 Å². The SMILES string of the molecule is CC[C@H]1OC(=O)[C@H](C)[C@@H](O[C@H]2C[C@@](C)(OC)[C@@H](O)[C@H](C)O2)[C@H](C)[C@@H](O[C@@H]2O[C@H](C)C[C@H](N(C)C)[C@H]2O)[C@](C)(O)C[C@@H](C)CN(CCCNCCC(=O)O[C@]2(C(=O)OC)[C@H](C)CC3C4CCC5=CC(=O)C=C[C@]5(C)[C@@]4(F)[C@@H](O)C[C@@]32C)[C@H](C)[C@@H](O)[C@]1(C)O. The highest BCUT2D eigenvalue weighted by Gasteiger charge is 2.78. The standard InChI is InChI=1S/C65H108FN3O18/c1-18-48-63(13,79)53(74)40(7)69(27-19-25-67-26-23-49(72)87-65(58(77)80-16)36(3)28-45-44-21-20-42-30-43(70)22-24-59(42,9)64(44,66)47(71)32-60(45,65)10)34-35(2)31-61(11,78)55(86-57-51(73)46(68(14)15)29-37(4)82-57)38(5)52(39(6)56(76)84-48)85-50-33-62(12,81-17)54(75)41(8)83-50/h22,24,30,35-41,44-48,50-55,57,67,71,73-75,78-79H,18-21,23,25-29,31-34H2,1-17H3/t35-,36-,37-,38+,39-,40-,41+,44?,45?,46+,47+,48-,50+,51-,52+,53-,54+,55-,57+,59+,60+,61-,62-,63-,64+,65+/m1/s1. The minimum absolute atomic E-state index is 0.0672. The molecule has 3 saturated carbocycles. The molecule has 87 heavy (non-hydrogen) atoms. The van der Waals surface area contributed by atoms with E-state index in [2.05, 4.69) is 5.32 Å². The van der Waals surface area contributed by atoms with E-state index >= 15 is 4.39 Å². The van der Waals surface area contributed by atoms with Crippen molar-refractivity contribution in [1.29, 1.82) is 0 Å². The molecule has 0 aromatic heterocycles. The molecule has 3 aliphatic heterocycles. The van der Waals surface area contributed by atoms with E-state index in [9.17, 15) is 49.8 Å². The summed E-state index contributed by atoms with van der Waals surface area (Å²) >= 11 is 0. The average Bonchev–Trinajstić information content (AvgIpc) is 1.75. The van der Waals surface area contributed by atoms with Crippen molar-refractivity contribution >= 4 is 23.7 Å². The van der Waals surface area contributed by atoms with Crippen molar-refractivity contribution in [3.63, 3.8) is 0 Å². The topological polar surface area (TPSA) is 282 Å². The van der Waals surface area contributed by atoms with Gasteiger partial charge in [0.05, 0.1) is 61.2 Å². The van der Waals surface area contributed by atoms with Crippen LogP contribution in [0.25, 0.3) is 0 Å². The molecule has 3 saturated heterocycles. The van der Waals surface area contributed by atoms with Crippen molar-refractivity contribution < 1.29 is 92.1 Å². The summed E-state index contributed by atoms with van der Waals surface area (Å²) in [6, 6.07) is -1.11. The lowest BCUT2D eigenvalue weighted by atomic mass is 9.44. The van der Waals surface area contributed by atoms with Crippen molar-refractivity contribution in [1.82, 2.24) is 15.1 Å². The number of carbonyl (C=O) groups is 4. The number of halogens is 1. The summed E-state index contributed by atoms with van der Waals surface area (Å²) in [5.41, 5.74) is -10.6. The summed E-state index contributed by atoms with van der Waals surface area (Å²) in [4.78, 5) is 59.3. The van der Waals surface area contributed by atoms with Crippen LogP contribution in [-0.4, -0.2) is 226 Å². The molecule has 498 valence electrons. The zero-order chi connectivity index (χ0) is 64.9. The first kappa shape index (κ1) is 71.4. The Kier molecular flexibility index (Phi) is 22.4. The van der Waals surface area contributed by atoms with E-state index in [1.54, 1.807) is 75.3 Å². The lowest BCUT2D eigenvalue weighted by Gasteiger charge is -2.62. The number of alkyl halides is 1. The molecule has 0 spiro atoms. The Morgan fingerprint density at radius 2 is 1.56 bits per heavy atom. The molecule has 2 unspecified atom stereocenters. The van der Waals surface area contributed by atoms with Crippen LogP contribution in [0.2, 0.25) is 0 Å². The van der Waals surface area contributed by atoms with E-state index in [0.717, 1.165) is 0 Å². The maximum atomic E-state index is 18.0. The third-order valence-electron chi connectivity index (χ3n) is 22.3. The number of aliphatic hydroxyl groups excluding tert-OH is 4. The Balaban J connectivity index is 1.10. The molecule has 7 aliphatic rings. The van der Waals surface area contributed by atoms with Gasteiger partial charge in [-0.1, -0.05) is 46.3 Å². The van der Waals surface area contributed by atoms with Gasteiger partial charge in [-0.15, -0.1) is 0 Å². The third-order valence-corrected chi connectivity index (χ3v) is 22.3. The Bertz CT molecular complexity index is 2480. The number of hydrogen-bond acceptors (Lipinski definition) is 21. The van der Waals surface area contributed by atoms with Gasteiger partial charge in [0.25, 0.3) is 0 Å². The highest BCUT2D eigenvalue weighted by molar-refractivity contribution is 6.01. The fraction of sp³-hybridized carbons (Fsp3) is 0.877. The lowest BCUT2D eigenvalue weighted by molar-refractivity contribution is -0.318. The van der Waals surface area contributed by atoms with E-state index in [1.807, 2.05) is 37.7 Å². The van der Waals surface area contributed by atoms with E-state index < -0.39 is 154 Å². The summed E-state index contributed by atoms with van der Waals surface area (Å²) in [6.07, 6.45) is -5.55. The first-order valence-corrected chi connectivity index (χ1v) is 32.0. The number of allylic oxidation sites excluding steroid dienone is 4. The fourth-order valence-electron chi connectivity index (χ4n) is 17.2. The molecule has 21 nitrogen and oxygen atoms in total. The van der Waals surface area contributed by atoms with Crippen LogP contribution in [0.3, 0.4) is 0 Å². The molecule has 7 rings (SSSR count). The number of ether oxygens (including phenoxy) is 8. The van der Waals surface area contributed by atoms with Crippen molar-refractivity contribution in [3.8, 4) is 0 Å². The molecule has 4 aliphatic carbocycles. The molecule has 26 atom stereocenters. The van der Waals surface area contributed by atoms with Gasteiger partial charge in [-0.05, 0) is 158 Å². The van der Waals surface area contributed by atoms with Crippen LogP contribution in [-0.2, 0) is 57.1 Å². The number of cyclic esters (lactones) is 1. The van der Waals surface area contributed by atoms with Gasteiger partial charge in [0, 0.05) is 67.3 Å². The Morgan fingerprint density at radius 1 is 0.885 bits per heavy atom. The highest BCUT2D eigenvalue weighted by atomic mass is 19.1. The van der Waals surface area contributed by atoms with Crippen molar-refractivity contribution in [2.24, 2.45) is 46.3 Å². The summed E-state index contributed by atoms with van der Waals surface area (Å²) < 4.78 is 68.1. The van der Waals surface area contributed by atoms with Gasteiger partial charge in [0.2, 0.25) is 5.60 Å². The minimum atomic E-state index is -2.15. The van der Waals surface area contributed by atoms with Crippen LogP contribution < -0.4 is 5.32 Å². The molecule has 0 radical (unpaired) electrons. The number of likely N-dealkylation sites (N-methyl/N-ethyl adjacent to an activating group) is 1. The molecule has 3 heterocycles. The number of aliphatic hydroxyl groups is 6. The maximum absolute atomic E-state index is 18.0. The number of fused-ring (bicyclic) bond motifs is 5. The number of nitrogens with zero attached hydrogens (tertiary/aromatic N) is 2. The predicted octanol–water partition coefficient (Wildman–Crippen LogP) is 4.71. The summed E-state index contributed by atoms with van der Waals surface area (Å²) in [7, 11) is 6.44. The molecule has 0 aromatic rings. The molecule has 22 heteroatoms. The Hall–Kier alpha value is -3.07. The Labute approximate surface area is 515 Å². The number of hydrogen-bond donors (Lipinski definition) is 7. The highest BCUT2D eigenvalue weighted by Crippen LogP contribution is 2.71. The number of carbonyl (C=O) groups excluding carboxylic acids is 4. The molecule has 7 N–H and O–H groups in total. The summed E-state index contributed by atoms with van der Waals surface area (Å²) in [5, 5.41) is 76.0. The lowest BCUT2D eigenvalue weighted by Crippen LogP contribution is -2.70. The van der Waals surface area contributed by atoms with Gasteiger partial charge >= 0.3 is 17.9 Å². The number of ketones is 1. The van der Waals surface area contributed by atoms with Crippen LogP contribution in [0, 0.1) is 46.3 Å². The average molecular weight is 1240 g/mol. The van der Waals surface area contributed by atoms with Gasteiger partial charge in [-0.3, -0.25) is 19.3 Å². The van der Waals surface area contributed by atoms with Gasteiger partial charge in [0.1, 0.15) is 30.0 Å². The first-order chi connectivity index (χ1) is 40.5. The second-order valence-corrected chi connectivity index (χ2v) is 28.7. The third kappa shape index (κ3) is 13.3. The van der Waals surface area contributed by atoms with Crippen LogP contribution in [0.1, 0.15) is 154 Å². The first-order valence-electron chi connectivity index (χ1n) is 32.0. The largest absolute Gasteiger partial charge is 0.466 e. The predicted molar refractivity (Wildman–Crippen MR) is 319 cm³/mol. The van der Waals surface area contributed by atoms with Gasteiger partial charge in [-0.2, -0.15) is 0 Å². The fourth-order valence-corrected chi connectivity index (χ4v) is 17.2. The van der Waals surface area contributed by atoms with Crippen LogP contribution in [0.4, 0.5) is 4.39 Å². The monoisotopic (exact) mass is 1240 g/mol. The maximum Gasteiger partial charge on any atom is 0.351 e. The number of esters is 3. The molecule has 0 amide bonds. The van der Waals surface area contributed by atoms with Crippen molar-refractivity contribution in [3.05, 3.63) is 23.8 Å². The zero-order valence-electron chi connectivity index (χ0n) is 55.0. The normalized spacial score (nSPS) is 47.6. The number of methoxy groups -OCH3 is 2. The molecule has 0 bridgehead atoms. The second-order valence-electron chi connectivity index (χ2n) is 28.7. The second kappa shape index (κ2) is 27.2. The molecular weight excluding hydrogens is 1130 g/mol. The van der Waals surface area contributed by atoms with Gasteiger partial charge < -0.3 is 78.8 Å². The van der Waals surface area contributed by atoms with Crippen molar-refractivity contribution in [2.75, 3.05) is 54.5 Å². The molecular formula is C65H108FN3O18. The smallest absolute Gasteiger partial charge is 0.351 e. The van der Waals surface area contributed by atoms with E-state index in [4.69, 9.17) is 37.9 Å².